The first-order chi connectivity index (χ1) is 8.19. The molecule has 94 valence electrons. The Morgan fingerprint density at radius 1 is 1.24 bits per heavy atom. The van der Waals surface area contributed by atoms with Gasteiger partial charge >= 0.3 is 0 Å². The van der Waals surface area contributed by atoms with Gasteiger partial charge in [0.15, 0.2) is 11.5 Å². The summed E-state index contributed by atoms with van der Waals surface area (Å²) in [5.41, 5.74) is 0.993. The van der Waals surface area contributed by atoms with Crippen LogP contribution < -0.4 is 14.8 Å². The summed E-state index contributed by atoms with van der Waals surface area (Å²) in [6, 6.07) is 5.97. The number of benzene rings is 1. The van der Waals surface area contributed by atoms with Crippen molar-refractivity contribution in [2.45, 2.75) is 12.5 Å². The van der Waals surface area contributed by atoms with Crippen LogP contribution in [0.1, 0.15) is 12.5 Å². The molecule has 4 nitrogen and oxygen atoms in total. The summed E-state index contributed by atoms with van der Waals surface area (Å²) in [6.45, 7) is 4.43. The van der Waals surface area contributed by atoms with Gasteiger partial charge in [0.25, 0.3) is 0 Å². The molecule has 0 aromatic heterocycles. The van der Waals surface area contributed by atoms with E-state index in [0.717, 1.165) is 30.2 Å². The average molecular weight is 237 g/mol. The van der Waals surface area contributed by atoms with Crippen molar-refractivity contribution in [3.8, 4) is 11.5 Å². The van der Waals surface area contributed by atoms with Gasteiger partial charge < -0.3 is 19.5 Å². The van der Waals surface area contributed by atoms with Crippen LogP contribution >= 0.6 is 0 Å². The Kier molecular flexibility index (Phi) is 3.54. The monoisotopic (exact) mass is 237 g/mol. The topological polar surface area (TPSA) is 39.7 Å². The van der Waals surface area contributed by atoms with E-state index >= 15 is 0 Å². The maximum Gasteiger partial charge on any atom is 0.161 e. The third-order valence-electron chi connectivity index (χ3n) is 3.17. The summed E-state index contributed by atoms with van der Waals surface area (Å²) in [5, 5.41) is 3.48. The third kappa shape index (κ3) is 2.37. The molecule has 1 heterocycles. The first kappa shape index (κ1) is 12.2. The van der Waals surface area contributed by atoms with Crippen molar-refractivity contribution in [3.63, 3.8) is 0 Å². The Morgan fingerprint density at radius 3 is 2.59 bits per heavy atom. The van der Waals surface area contributed by atoms with Crippen molar-refractivity contribution in [2.75, 3.05) is 34.0 Å². The first-order valence-corrected chi connectivity index (χ1v) is 5.75. The van der Waals surface area contributed by atoms with Crippen molar-refractivity contribution < 1.29 is 14.2 Å². The van der Waals surface area contributed by atoms with Gasteiger partial charge in [-0.05, 0) is 24.6 Å². The van der Waals surface area contributed by atoms with Gasteiger partial charge in [-0.25, -0.2) is 0 Å². The van der Waals surface area contributed by atoms with Crippen LogP contribution in [0.5, 0.6) is 11.5 Å². The molecule has 0 radical (unpaired) electrons. The van der Waals surface area contributed by atoms with E-state index in [4.69, 9.17) is 14.2 Å². The van der Waals surface area contributed by atoms with Gasteiger partial charge in [-0.1, -0.05) is 6.07 Å². The number of methoxy groups -OCH3 is 2. The fourth-order valence-electron chi connectivity index (χ4n) is 2.09. The lowest BCUT2D eigenvalue weighted by Gasteiger charge is -2.35. The molecule has 1 aliphatic heterocycles. The minimum atomic E-state index is -0.155. The highest BCUT2D eigenvalue weighted by molar-refractivity contribution is 5.45. The molecule has 1 aromatic rings. The Bertz CT molecular complexity index is 386. The minimum absolute atomic E-state index is 0.155. The fraction of sp³-hybridized carbons (Fsp3) is 0.538. The standard InChI is InChI=1S/C13H19NO3/c1-13(9-17-7-6-14-13)10-4-5-11(15-2)12(8-10)16-3/h4-5,8,14H,6-7,9H2,1-3H3. The van der Waals surface area contributed by atoms with Crippen LogP contribution in [0.15, 0.2) is 18.2 Å². The lowest BCUT2D eigenvalue weighted by atomic mass is 9.91. The van der Waals surface area contributed by atoms with Gasteiger partial charge in [0.2, 0.25) is 0 Å². The highest BCUT2D eigenvalue weighted by atomic mass is 16.5. The number of ether oxygens (including phenoxy) is 3. The summed E-state index contributed by atoms with van der Waals surface area (Å²) in [4.78, 5) is 0. The summed E-state index contributed by atoms with van der Waals surface area (Å²) in [6.07, 6.45) is 0. The van der Waals surface area contributed by atoms with Crippen LogP contribution in [-0.4, -0.2) is 34.0 Å². The second-order valence-corrected chi connectivity index (χ2v) is 4.38. The van der Waals surface area contributed by atoms with Crippen LogP contribution in [-0.2, 0) is 10.3 Å². The second-order valence-electron chi connectivity index (χ2n) is 4.38. The van der Waals surface area contributed by atoms with Crippen molar-refractivity contribution >= 4 is 0 Å². The molecule has 1 aliphatic rings. The predicted octanol–water partition coefficient (Wildman–Crippen LogP) is 1.54. The van der Waals surface area contributed by atoms with Gasteiger partial charge in [0.1, 0.15) is 0 Å². The Labute approximate surface area is 102 Å². The van der Waals surface area contributed by atoms with Crippen LogP contribution in [0.4, 0.5) is 0 Å². The van der Waals surface area contributed by atoms with Gasteiger partial charge in [0.05, 0.1) is 33.0 Å². The first-order valence-electron chi connectivity index (χ1n) is 5.75. The minimum Gasteiger partial charge on any atom is -0.493 e. The summed E-state index contributed by atoms with van der Waals surface area (Å²) in [7, 11) is 3.29. The van der Waals surface area contributed by atoms with Gasteiger partial charge in [0, 0.05) is 6.54 Å². The van der Waals surface area contributed by atoms with Gasteiger partial charge in [-0.3, -0.25) is 0 Å². The molecule has 1 unspecified atom stereocenters. The molecule has 1 atom stereocenters. The molecular weight excluding hydrogens is 218 g/mol. The Hall–Kier alpha value is -1.26. The lowest BCUT2D eigenvalue weighted by Crippen LogP contribution is -2.49. The zero-order valence-electron chi connectivity index (χ0n) is 10.6. The molecule has 4 heteroatoms. The van der Waals surface area contributed by atoms with Crippen molar-refractivity contribution in [2.24, 2.45) is 0 Å². The molecule has 0 spiro atoms. The van der Waals surface area contributed by atoms with E-state index in [0.29, 0.717) is 6.61 Å². The quantitative estimate of drug-likeness (QED) is 0.865. The van der Waals surface area contributed by atoms with Crippen LogP contribution in [0.3, 0.4) is 0 Å². The van der Waals surface area contributed by atoms with E-state index in [1.807, 2.05) is 18.2 Å². The Morgan fingerprint density at radius 2 is 2.00 bits per heavy atom. The van der Waals surface area contributed by atoms with Gasteiger partial charge in [-0.15, -0.1) is 0 Å². The van der Waals surface area contributed by atoms with E-state index in [9.17, 15) is 0 Å². The molecule has 17 heavy (non-hydrogen) atoms. The van der Waals surface area contributed by atoms with E-state index in [1.54, 1.807) is 14.2 Å². The summed E-state index contributed by atoms with van der Waals surface area (Å²) in [5.74, 6) is 1.50. The Balaban J connectivity index is 2.32. The zero-order valence-corrected chi connectivity index (χ0v) is 10.6. The van der Waals surface area contributed by atoms with E-state index in [-0.39, 0.29) is 5.54 Å². The second kappa shape index (κ2) is 4.94. The molecule has 0 aliphatic carbocycles. The number of morpholine rings is 1. The third-order valence-corrected chi connectivity index (χ3v) is 3.17. The molecular formula is C13H19NO3. The molecule has 1 aromatic carbocycles. The highest BCUT2D eigenvalue weighted by Crippen LogP contribution is 2.32. The number of hydrogen-bond acceptors (Lipinski definition) is 4. The molecule has 2 rings (SSSR count). The smallest absolute Gasteiger partial charge is 0.161 e. The average Bonchev–Trinajstić information content (AvgIpc) is 2.38. The van der Waals surface area contributed by atoms with Crippen LogP contribution in [0.25, 0.3) is 0 Å². The number of rotatable bonds is 3. The van der Waals surface area contributed by atoms with Crippen LogP contribution in [0.2, 0.25) is 0 Å². The normalized spacial score (nSPS) is 24.4. The molecule has 0 saturated carbocycles. The summed E-state index contributed by atoms with van der Waals surface area (Å²) >= 11 is 0. The molecule has 1 fully saturated rings. The lowest BCUT2D eigenvalue weighted by molar-refractivity contribution is 0.0338. The highest BCUT2D eigenvalue weighted by Gasteiger charge is 2.29. The maximum absolute atomic E-state index is 5.54. The van der Waals surface area contributed by atoms with E-state index in [2.05, 4.69) is 12.2 Å². The van der Waals surface area contributed by atoms with E-state index < -0.39 is 0 Å². The zero-order chi connectivity index (χ0) is 12.3. The van der Waals surface area contributed by atoms with Gasteiger partial charge in [-0.2, -0.15) is 0 Å². The van der Waals surface area contributed by atoms with E-state index in [1.165, 1.54) is 0 Å². The molecule has 0 bridgehead atoms. The molecule has 1 saturated heterocycles. The van der Waals surface area contributed by atoms with Crippen LogP contribution in [0, 0.1) is 0 Å². The predicted molar refractivity (Wildman–Crippen MR) is 65.7 cm³/mol. The molecule has 0 amide bonds. The number of hydrogen-bond donors (Lipinski definition) is 1. The SMILES string of the molecule is COc1ccc(C2(C)COCCN2)cc1OC. The fourth-order valence-corrected chi connectivity index (χ4v) is 2.09. The molecule has 1 N–H and O–H groups in total. The largest absolute Gasteiger partial charge is 0.493 e. The van der Waals surface area contributed by atoms with Crippen molar-refractivity contribution in [3.05, 3.63) is 23.8 Å². The number of nitrogens with one attached hydrogen (secondary N) is 1. The van der Waals surface area contributed by atoms with Crippen molar-refractivity contribution in [1.82, 2.24) is 5.32 Å². The maximum atomic E-state index is 5.54. The summed E-state index contributed by atoms with van der Waals surface area (Å²) < 4.78 is 16.1. The van der Waals surface area contributed by atoms with Crippen molar-refractivity contribution in [1.29, 1.82) is 0 Å².